The average molecular weight is 207 g/mol. The molecule has 0 saturated heterocycles. The summed E-state index contributed by atoms with van der Waals surface area (Å²) in [5, 5.41) is 0. The monoisotopic (exact) mass is 207 g/mol. The van der Waals surface area contributed by atoms with Crippen molar-refractivity contribution in [2.45, 2.75) is 27.1 Å². The normalized spacial score (nSPS) is 10.1. The first-order valence-electron chi connectivity index (χ1n) is 4.16. The summed E-state index contributed by atoms with van der Waals surface area (Å²) in [7, 11) is 0. The van der Waals surface area contributed by atoms with Crippen molar-refractivity contribution in [2.75, 3.05) is 0 Å². The smallest absolute Gasteiger partial charge is 0.404 e. The summed E-state index contributed by atoms with van der Waals surface area (Å²) < 4.78 is 38.4. The molecule has 1 rings (SSSR count). The molecule has 0 aliphatic carbocycles. The van der Waals surface area contributed by atoms with E-state index in [1.807, 2.05) is 13.8 Å². The molecule has 1 aromatic rings. The third kappa shape index (κ3) is 5.40. The number of alkyl halides is 3. The van der Waals surface area contributed by atoms with Crippen LogP contribution in [0.4, 0.5) is 13.2 Å². The van der Waals surface area contributed by atoms with Crippen LogP contribution in [0.2, 0.25) is 0 Å². The van der Waals surface area contributed by atoms with Crippen LogP contribution in [0.5, 0.6) is 5.75 Å². The molecule has 0 radical (unpaired) electrons. The second kappa shape index (κ2) is 5.47. The van der Waals surface area contributed by atoms with Gasteiger partial charge in [0.1, 0.15) is 5.75 Å². The molecule has 0 aliphatic rings. The Kier molecular flexibility index (Phi) is 4.97. The minimum atomic E-state index is -4.64. The molecule has 0 aliphatic heterocycles. The number of halogens is 3. The fourth-order valence-electron chi connectivity index (χ4n) is 0.648. The second-order valence-electron chi connectivity index (χ2n) is 2.18. The van der Waals surface area contributed by atoms with Gasteiger partial charge in [-0.2, -0.15) is 0 Å². The van der Waals surface area contributed by atoms with Gasteiger partial charge >= 0.3 is 6.36 Å². The van der Waals surface area contributed by atoms with Crippen LogP contribution in [-0.2, 0) is 0 Å². The molecule has 0 fully saturated rings. The topological polar surface area (TPSA) is 22.1 Å². The van der Waals surface area contributed by atoms with Crippen LogP contribution in [-0.4, -0.2) is 11.3 Å². The lowest BCUT2D eigenvalue weighted by Crippen LogP contribution is -2.17. The highest BCUT2D eigenvalue weighted by Gasteiger charge is 2.31. The Bertz CT molecular complexity index is 256. The molecule has 0 N–H and O–H groups in total. The molecule has 80 valence electrons. The first-order valence-corrected chi connectivity index (χ1v) is 4.16. The number of aryl methyl sites for hydroxylation is 1. The number of aromatic nitrogens is 1. The second-order valence-corrected chi connectivity index (χ2v) is 2.18. The summed E-state index contributed by atoms with van der Waals surface area (Å²) in [6, 6.07) is 2.66. The van der Waals surface area contributed by atoms with Gasteiger partial charge in [-0.15, -0.1) is 13.2 Å². The number of ether oxygens (including phenoxy) is 1. The highest BCUT2D eigenvalue weighted by molar-refractivity contribution is 5.19. The van der Waals surface area contributed by atoms with Crippen molar-refractivity contribution in [3.05, 3.63) is 24.0 Å². The summed E-state index contributed by atoms with van der Waals surface area (Å²) in [6.45, 7) is 5.68. The van der Waals surface area contributed by atoms with E-state index in [2.05, 4.69) is 9.72 Å². The standard InChI is InChI=1S/C7H6F3NO.C2H6/c1-5-2-3-6(4-11-5)12-7(8,9)10;1-2/h2-4H,1H3;1-2H3. The highest BCUT2D eigenvalue weighted by Crippen LogP contribution is 2.21. The molecule has 1 heterocycles. The lowest BCUT2D eigenvalue weighted by atomic mass is 10.4. The van der Waals surface area contributed by atoms with E-state index in [4.69, 9.17) is 0 Å². The lowest BCUT2D eigenvalue weighted by Gasteiger charge is -2.07. The average Bonchev–Trinajstić information content (AvgIpc) is 2.10. The Morgan fingerprint density at radius 2 is 1.79 bits per heavy atom. The van der Waals surface area contributed by atoms with Crippen LogP contribution in [0.15, 0.2) is 18.3 Å². The first-order chi connectivity index (χ1) is 6.47. The quantitative estimate of drug-likeness (QED) is 0.704. The molecular weight excluding hydrogens is 195 g/mol. The van der Waals surface area contributed by atoms with Crippen LogP contribution in [0.1, 0.15) is 19.5 Å². The molecule has 14 heavy (non-hydrogen) atoms. The van der Waals surface area contributed by atoms with E-state index in [-0.39, 0.29) is 5.75 Å². The molecule has 0 spiro atoms. The zero-order valence-corrected chi connectivity index (χ0v) is 8.22. The van der Waals surface area contributed by atoms with Crippen LogP contribution < -0.4 is 4.74 Å². The zero-order chi connectivity index (χ0) is 11.2. The summed E-state index contributed by atoms with van der Waals surface area (Å²) in [6.07, 6.45) is -3.61. The van der Waals surface area contributed by atoms with Crippen LogP contribution in [0.25, 0.3) is 0 Å². The number of nitrogens with zero attached hydrogens (tertiary/aromatic N) is 1. The molecule has 2 nitrogen and oxygen atoms in total. The predicted molar refractivity (Wildman–Crippen MR) is 47.0 cm³/mol. The number of rotatable bonds is 1. The van der Waals surface area contributed by atoms with E-state index in [0.29, 0.717) is 5.69 Å². The van der Waals surface area contributed by atoms with E-state index < -0.39 is 6.36 Å². The van der Waals surface area contributed by atoms with Crippen molar-refractivity contribution >= 4 is 0 Å². The zero-order valence-electron chi connectivity index (χ0n) is 8.22. The van der Waals surface area contributed by atoms with Crippen molar-refractivity contribution in [3.63, 3.8) is 0 Å². The molecule has 0 bridgehead atoms. The number of pyridine rings is 1. The Hall–Kier alpha value is -1.26. The van der Waals surface area contributed by atoms with Crippen molar-refractivity contribution in [2.24, 2.45) is 0 Å². The van der Waals surface area contributed by atoms with Gasteiger partial charge in [0.05, 0.1) is 6.20 Å². The molecule has 0 unspecified atom stereocenters. The largest absolute Gasteiger partial charge is 0.573 e. The van der Waals surface area contributed by atoms with Gasteiger partial charge < -0.3 is 4.74 Å². The third-order valence-electron chi connectivity index (χ3n) is 1.12. The Labute approximate surface area is 80.7 Å². The highest BCUT2D eigenvalue weighted by atomic mass is 19.4. The fourth-order valence-corrected chi connectivity index (χ4v) is 0.648. The van der Waals surface area contributed by atoms with Gasteiger partial charge in [0.25, 0.3) is 0 Å². The Morgan fingerprint density at radius 3 is 2.14 bits per heavy atom. The predicted octanol–water partition coefficient (Wildman–Crippen LogP) is 3.31. The summed E-state index contributed by atoms with van der Waals surface area (Å²) in [4.78, 5) is 3.64. The lowest BCUT2D eigenvalue weighted by molar-refractivity contribution is -0.274. The maximum absolute atomic E-state index is 11.6. The molecule has 0 atom stereocenters. The van der Waals surface area contributed by atoms with Crippen molar-refractivity contribution in [3.8, 4) is 5.75 Å². The van der Waals surface area contributed by atoms with Gasteiger partial charge in [0, 0.05) is 5.69 Å². The molecule has 5 heteroatoms. The summed E-state index contributed by atoms with van der Waals surface area (Å²) in [5.41, 5.74) is 0.643. The summed E-state index contributed by atoms with van der Waals surface area (Å²) >= 11 is 0. The van der Waals surface area contributed by atoms with Crippen molar-refractivity contribution in [1.82, 2.24) is 4.98 Å². The Morgan fingerprint density at radius 1 is 1.21 bits per heavy atom. The van der Waals surface area contributed by atoms with Crippen LogP contribution >= 0.6 is 0 Å². The fraction of sp³-hybridized carbons (Fsp3) is 0.444. The van der Waals surface area contributed by atoms with E-state index in [1.165, 1.54) is 12.1 Å². The van der Waals surface area contributed by atoms with E-state index in [9.17, 15) is 13.2 Å². The van der Waals surface area contributed by atoms with Gasteiger partial charge in [-0.3, -0.25) is 4.98 Å². The van der Waals surface area contributed by atoms with Gasteiger partial charge in [0.2, 0.25) is 0 Å². The first kappa shape index (κ1) is 12.7. The number of hydrogen-bond acceptors (Lipinski definition) is 2. The maximum Gasteiger partial charge on any atom is 0.573 e. The van der Waals surface area contributed by atoms with Gasteiger partial charge in [-0.25, -0.2) is 0 Å². The SMILES string of the molecule is CC.Cc1ccc(OC(F)(F)F)cn1. The number of hydrogen-bond donors (Lipinski definition) is 0. The molecule has 1 aromatic heterocycles. The maximum atomic E-state index is 11.6. The minimum absolute atomic E-state index is 0.298. The van der Waals surface area contributed by atoms with Crippen molar-refractivity contribution in [1.29, 1.82) is 0 Å². The van der Waals surface area contributed by atoms with Crippen LogP contribution in [0, 0.1) is 6.92 Å². The minimum Gasteiger partial charge on any atom is -0.404 e. The Balaban J connectivity index is 0.000000791. The van der Waals surface area contributed by atoms with Crippen molar-refractivity contribution < 1.29 is 17.9 Å². The molecule has 0 saturated carbocycles. The van der Waals surface area contributed by atoms with E-state index >= 15 is 0 Å². The molecule has 0 aromatic carbocycles. The van der Waals surface area contributed by atoms with E-state index in [1.54, 1.807) is 6.92 Å². The van der Waals surface area contributed by atoms with Gasteiger partial charge in [0.15, 0.2) is 0 Å². The summed E-state index contributed by atoms with van der Waals surface area (Å²) in [5.74, 6) is -0.298. The van der Waals surface area contributed by atoms with Gasteiger partial charge in [-0.1, -0.05) is 13.8 Å². The third-order valence-corrected chi connectivity index (χ3v) is 1.12. The van der Waals surface area contributed by atoms with Crippen LogP contribution in [0.3, 0.4) is 0 Å². The van der Waals surface area contributed by atoms with Gasteiger partial charge in [-0.05, 0) is 19.1 Å². The molecular formula is C9H12F3NO. The molecule has 0 amide bonds. The van der Waals surface area contributed by atoms with E-state index in [0.717, 1.165) is 6.20 Å².